The van der Waals surface area contributed by atoms with E-state index in [0.717, 1.165) is 47.4 Å². The Kier molecular flexibility index (Phi) is 5.61. The SMILES string of the molecule is Cc1ccc(C(=O)CCC(=O)N2CCC[C@@H](c3nn(C)c4nccnc34)C2)cc1C. The number of piperidine rings is 1. The Morgan fingerprint density at radius 1 is 1.10 bits per heavy atom. The van der Waals surface area contributed by atoms with E-state index in [4.69, 9.17) is 0 Å². The number of amides is 1. The molecule has 1 amide bonds. The molecule has 0 saturated carbocycles. The number of likely N-dealkylation sites (tertiary alicyclic amines) is 1. The molecule has 0 unspecified atom stereocenters. The molecule has 0 N–H and O–H groups in total. The molecule has 3 heterocycles. The third-order valence-electron chi connectivity index (χ3n) is 6.04. The number of aryl methyl sites for hydroxylation is 3. The zero-order valence-electron chi connectivity index (χ0n) is 17.8. The summed E-state index contributed by atoms with van der Waals surface area (Å²) in [5.41, 5.74) is 5.41. The van der Waals surface area contributed by atoms with Crippen LogP contribution in [-0.4, -0.2) is 49.4 Å². The summed E-state index contributed by atoms with van der Waals surface area (Å²) in [5.74, 6) is 0.188. The standard InChI is InChI=1S/C23H27N5O2/c1-15-6-7-17(13-16(15)2)19(29)8-9-20(30)28-12-4-5-18(14-28)21-22-23(27(3)26-21)25-11-10-24-22/h6-7,10-11,13,18H,4-5,8-9,12,14H2,1-3H3/t18-/m1/s1. The van der Waals surface area contributed by atoms with Gasteiger partial charge in [-0.05, 0) is 43.9 Å². The second-order valence-electron chi connectivity index (χ2n) is 8.14. The minimum Gasteiger partial charge on any atom is -0.342 e. The average molecular weight is 406 g/mol. The van der Waals surface area contributed by atoms with Gasteiger partial charge in [0.2, 0.25) is 5.91 Å². The summed E-state index contributed by atoms with van der Waals surface area (Å²) < 4.78 is 1.75. The number of carbonyl (C=O) groups excluding carboxylic acids is 2. The maximum atomic E-state index is 12.8. The molecule has 1 aliphatic rings. The number of ketones is 1. The lowest BCUT2D eigenvalue weighted by Gasteiger charge is -2.32. The van der Waals surface area contributed by atoms with Gasteiger partial charge in [0.1, 0.15) is 5.52 Å². The Hall–Kier alpha value is -3.09. The van der Waals surface area contributed by atoms with Crippen LogP contribution in [0.3, 0.4) is 0 Å². The number of aromatic nitrogens is 4. The van der Waals surface area contributed by atoms with E-state index in [1.165, 1.54) is 0 Å². The third kappa shape index (κ3) is 3.97. The lowest BCUT2D eigenvalue weighted by Crippen LogP contribution is -2.39. The fourth-order valence-corrected chi connectivity index (χ4v) is 4.14. The molecular weight excluding hydrogens is 378 g/mol. The van der Waals surface area contributed by atoms with Crippen LogP contribution in [0.5, 0.6) is 0 Å². The van der Waals surface area contributed by atoms with Gasteiger partial charge in [-0.15, -0.1) is 0 Å². The van der Waals surface area contributed by atoms with Crippen LogP contribution >= 0.6 is 0 Å². The lowest BCUT2D eigenvalue weighted by molar-refractivity contribution is -0.132. The van der Waals surface area contributed by atoms with Gasteiger partial charge >= 0.3 is 0 Å². The number of Topliss-reactive ketones (excluding diaryl/α,β-unsaturated/α-hetero) is 1. The smallest absolute Gasteiger partial charge is 0.223 e. The number of carbonyl (C=O) groups is 2. The van der Waals surface area contributed by atoms with Crippen LogP contribution in [-0.2, 0) is 11.8 Å². The second-order valence-corrected chi connectivity index (χ2v) is 8.14. The number of rotatable bonds is 5. The van der Waals surface area contributed by atoms with Gasteiger partial charge in [-0.3, -0.25) is 9.59 Å². The number of hydrogen-bond donors (Lipinski definition) is 0. The molecule has 30 heavy (non-hydrogen) atoms. The highest BCUT2D eigenvalue weighted by Gasteiger charge is 2.29. The molecule has 2 aromatic heterocycles. The molecule has 1 saturated heterocycles. The van der Waals surface area contributed by atoms with Crippen molar-refractivity contribution in [1.29, 1.82) is 0 Å². The molecule has 3 aromatic rings. The molecule has 0 radical (unpaired) electrons. The quantitative estimate of drug-likeness (QED) is 0.608. The van der Waals surface area contributed by atoms with Gasteiger partial charge in [0.05, 0.1) is 5.69 Å². The first-order chi connectivity index (χ1) is 14.4. The summed E-state index contributed by atoms with van der Waals surface area (Å²) in [4.78, 5) is 36.0. The van der Waals surface area contributed by atoms with Gasteiger partial charge in [-0.25, -0.2) is 14.6 Å². The normalized spacial score (nSPS) is 16.8. The van der Waals surface area contributed by atoms with Crippen molar-refractivity contribution in [1.82, 2.24) is 24.6 Å². The largest absolute Gasteiger partial charge is 0.342 e. The van der Waals surface area contributed by atoms with Gasteiger partial charge in [0.15, 0.2) is 11.4 Å². The van der Waals surface area contributed by atoms with Crippen molar-refractivity contribution in [3.63, 3.8) is 0 Å². The van der Waals surface area contributed by atoms with Crippen molar-refractivity contribution >= 4 is 22.9 Å². The number of benzene rings is 1. The molecule has 4 rings (SSSR count). The summed E-state index contributed by atoms with van der Waals surface area (Å²) in [6, 6.07) is 5.71. The average Bonchev–Trinajstić information content (AvgIpc) is 3.10. The van der Waals surface area contributed by atoms with Gasteiger partial charge in [0, 0.05) is 56.9 Å². The van der Waals surface area contributed by atoms with Crippen molar-refractivity contribution < 1.29 is 9.59 Å². The number of nitrogens with zero attached hydrogens (tertiary/aromatic N) is 5. The van der Waals surface area contributed by atoms with E-state index in [-0.39, 0.29) is 30.4 Å². The molecular formula is C23H27N5O2. The Labute approximate surface area is 176 Å². The minimum absolute atomic E-state index is 0.0194. The van der Waals surface area contributed by atoms with E-state index in [0.29, 0.717) is 12.1 Å². The summed E-state index contributed by atoms with van der Waals surface area (Å²) in [5, 5.41) is 4.64. The van der Waals surface area contributed by atoms with Crippen LogP contribution in [0.2, 0.25) is 0 Å². The van der Waals surface area contributed by atoms with Crippen molar-refractivity contribution in [2.75, 3.05) is 13.1 Å². The minimum atomic E-state index is 0.0194. The van der Waals surface area contributed by atoms with Crippen LogP contribution in [0.25, 0.3) is 11.2 Å². The fourth-order valence-electron chi connectivity index (χ4n) is 4.14. The molecule has 1 atom stereocenters. The highest BCUT2D eigenvalue weighted by Crippen LogP contribution is 2.30. The molecule has 0 aliphatic carbocycles. The predicted molar refractivity (Wildman–Crippen MR) is 114 cm³/mol. The van der Waals surface area contributed by atoms with Gasteiger partial charge < -0.3 is 4.90 Å². The molecule has 1 aliphatic heterocycles. The van der Waals surface area contributed by atoms with Crippen LogP contribution in [0.1, 0.15) is 58.8 Å². The molecule has 7 nitrogen and oxygen atoms in total. The van der Waals surface area contributed by atoms with Gasteiger partial charge in [-0.2, -0.15) is 5.10 Å². The Morgan fingerprint density at radius 3 is 2.70 bits per heavy atom. The maximum absolute atomic E-state index is 12.8. The zero-order valence-corrected chi connectivity index (χ0v) is 17.8. The van der Waals surface area contributed by atoms with Crippen molar-refractivity contribution in [3.8, 4) is 0 Å². The van der Waals surface area contributed by atoms with Crippen LogP contribution < -0.4 is 0 Å². The van der Waals surface area contributed by atoms with Gasteiger partial charge in [0.25, 0.3) is 0 Å². The number of hydrogen-bond acceptors (Lipinski definition) is 5. The number of fused-ring (bicyclic) bond motifs is 1. The maximum Gasteiger partial charge on any atom is 0.223 e. The van der Waals surface area contributed by atoms with E-state index in [2.05, 4.69) is 15.1 Å². The Morgan fingerprint density at radius 2 is 1.90 bits per heavy atom. The Balaban J connectivity index is 1.41. The predicted octanol–water partition coefficient (Wildman–Crippen LogP) is 3.35. The van der Waals surface area contributed by atoms with E-state index in [9.17, 15) is 9.59 Å². The van der Waals surface area contributed by atoms with Crippen molar-refractivity contribution in [2.45, 2.75) is 45.4 Å². The van der Waals surface area contributed by atoms with Crippen LogP contribution in [0.4, 0.5) is 0 Å². The first kappa shape index (κ1) is 20.2. The molecule has 1 fully saturated rings. The third-order valence-corrected chi connectivity index (χ3v) is 6.04. The van der Waals surface area contributed by atoms with E-state index >= 15 is 0 Å². The monoisotopic (exact) mass is 405 g/mol. The van der Waals surface area contributed by atoms with Gasteiger partial charge in [-0.1, -0.05) is 12.1 Å². The van der Waals surface area contributed by atoms with E-state index in [1.807, 2.05) is 44.0 Å². The fraction of sp³-hybridized carbons (Fsp3) is 0.435. The first-order valence-electron chi connectivity index (χ1n) is 10.5. The van der Waals surface area contributed by atoms with Crippen molar-refractivity contribution in [2.24, 2.45) is 7.05 Å². The topological polar surface area (TPSA) is 81.0 Å². The molecule has 0 bridgehead atoms. The Bertz CT molecular complexity index is 1100. The molecule has 1 aromatic carbocycles. The highest BCUT2D eigenvalue weighted by atomic mass is 16.2. The lowest BCUT2D eigenvalue weighted by atomic mass is 9.93. The van der Waals surface area contributed by atoms with E-state index < -0.39 is 0 Å². The van der Waals surface area contributed by atoms with E-state index in [1.54, 1.807) is 17.1 Å². The molecule has 0 spiro atoms. The first-order valence-corrected chi connectivity index (χ1v) is 10.5. The molecule has 7 heteroatoms. The second kappa shape index (κ2) is 8.34. The summed E-state index contributed by atoms with van der Waals surface area (Å²) in [7, 11) is 1.87. The van der Waals surface area contributed by atoms with Crippen molar-refractivity contribution in [3.05, 3.63) is 53.0 Å². The molecule has 156 valence electrons. The van der Waals surface area contributed by atoms with Crippen LogP contribution in [0.15, 0.2) is 30.6 Å². The zero-order chi connectivity index (χ0) is 21.3. The summed E-state index contributed by atoms with van der Waals surface area (Å²) >= 11 is 0. The van der Waals surface area contributed by atoms with Crippen LogP contribution in [0, 0.1) is 13.8 Å². The summed E-state index contributed by atoms with van der Waals surface area (Å²) in [6.45, 7) is 5.36. The highest BCUT2D eigenvalue weighted by molar-refractivity contribution is 5.98. The summed E-state index contributed by atoms with van der Waals surface area (Å²) in [6.07, 6.45) is 5.70.